The first-order valence-electron chi connectivity index (χ1n) is 8.01. The number of carbonyl (C=O) groups is 1. The predicted molar refractivity (Wildman–Crippen MR) is 93.6 cm³/mol. The van der Waals surface area contributed by atoms with Crippen LogP contribution >= 0.6 is 11.6 Å². The summed E-state index contributed by atoms with van der Waals surface area (Å²) in [4.78, 5) is 14.1. The summed E-state index contributed by atoms with van der Waals surface area (Å²) in [6, 6.07) is 7.66. The van der Waals surface area contributed by atoms with Gasteiger partial charge < -0.3 is 4.74 Å². The van der Waals surface area contributed by atoms with Crippen molar-refractivity contribution in [2.75, 3.05) is 19.7 Å². The first kappa shape index (κ1) is 16.7. The molecule has 3 rings (SSSR count). The van der Waals surface area contributed by atoms with E-state index in [-0.39, 0.29) is 11.9 Å². The molecule has 0 saturated carbocycles. The molecule has 0 bridgehead atoms. The Labute approximate surface area is 146 Å². The number of hydrogen-bond acceptors (Lipinski definition) is 4. The molecule has 5 nitrogen and oxygen atoms in total. The zero-order valence-electron chi connectivity index (χ0n) is 13.5. The normalized spacial score (nSPS) is 17.8. The van der Waals surface area contributed by atoms with Crippen molar-refractivity contribution in [3.8, 4) is 11.3 Å². The van der Waals surface area contributed by atoms with Crippen LogP contribution in [-0.2, 0) is 16.1 Å². The predicted octanol–water partition coefficient (Wildman–Crippen LogP) is 3.28. The van der Waals surface area contributed by atoms with Crippen LogP contribution in [0.5, 0.6) is 0 Å². The number of nitrogens with zero attached hydrogens (tertiary/aromatic N) is 2. The minimum Gasteiger partial charge on any atom is -0.466 e. The van der Waals surface area contributed by atoms with E-state index in [0.717, 1.165) is 23.4 Å². The summed E-state index contributed by atoms with van der Waals surface area (Å²) >= 11 is 5.95. The van der Waals surface area contributed by atoms with E-state index in [9.17, 15) is 4.79 Å². The van der Waals surface area contributed by atoms with Crippen LogP contribution in [0.25, 0.3) is 11.3 Å². The topological polar surface area (TPSA) is 58.2 Å². The summed E-state index contributed by atoms with van der Waals surface area (Å²) in [5, 5.41) is 7.94. The van der Waals surface area contributed by atoms with Gasteiger partial charge in [-0.05, 0) is 24.6 Å². The fourth-order valence-electron chi connectivity index (χ4n) is 2.86. The molecule has 0 fully saturated rings. The molecule has 0 saturated heterocycles. The number of aromatic amines is 1. The Morgan fingerprint density at radius 2 is 2.21 bits per heavy atom. The highest BCUT2D eigenvalue weighted by atomic mass is 35.5. The van der Waals surface area contributed by atoms with Gasteiger partial charge in [0.15, 0.2) is 0 Å². The maximum absolute atomic E-state index is 11.9. The van der Waals surface area contributed by atoms with Gasteiger partial charge in [0.25, 0.3) is 0 Å². The number of halogens is 1. The van der Waals surface area contributed by atoms with Crippen molar-refractivity contribution in [1.29, 1.82) is 0 Å². The van der Waals surface area contributed by atoms with Crippen LogP contribution in [0.4, 0.5) is 0 Å². The summed E-state index contributed by atoms with van der Waals surface area (Å²) in [7, 11) is 0. The molecule has 6 heteroatoms. The highest BCUT2D eigenvalue weighted by Crippen LogP contribution is 2.25. The number of benzene rings is 1. The molecule has 2 heterocycles. The first-order valence-corrected chi connectivity index (χ1v) is 8.39. The minimum absolute atomic E-state index is 0.163. The third kappa shape index (κ3) is 3.86. The van der Waals surface area contributed by atoms with E-state index in [1.165, 1.54) is 0 Å². The smallest absolute Gasteiger partial charge is 0.314 e. The minimum atomic E-state index is -0.204. The van der Waals surface area contributed by atoms with E-state index in [2.05, 4.69) is 15.1 Å². The van der Waals surface area contributed by atoms with Gasteiger partial charge in [0.2, 0.25) is 0 Å². The number of rotatable bonds is 5. The van der Waals surface area contributed by atoms with Gasteiger partial charge in [-0.1, -0.05) is 35.9 Å². The van der Waals surface area contributed by atoms with Crippen molar-refractivity contribution in [3.63, 3.8) is 0 Å². The zero-order chi connectivity index (χ0) is 16.9. The van der Waals surface area contributed by atoms with Gasteiger partial charge in [-0.2, -0.15) is 5.10 Å². The molecule has 1 aliphatic heterocycles. The SMILES string of the molecule is CCOC(=O)C1C=CCN(Cc2cn[nH]c2-c2ccc(Cl)cc2)C1. The third-order valence-corrected chi connectivity index (χ3v) is 4.27. The fourth-order valence-corrected chi connectivity index (χ4v) is 2.98. The molecule has 0 radical (unpaired) electrons. The van der Waals surface area contributed by atoms with E-state index >= 15 is 0 Å². The van der Waals surface area contributed by atoms with E-state index in [0.29, 0.717) is 24.7 Å². The molecule has 0 aliphatic carbocycles. The van der Waals surface area contributed by atoms with E-state index in [1.807, 2.05) is 49.5 Å². The molecule has 0 amide bonds. The Kier molecular flexibility index (Phi) is 5.33. The zero-order valence-corrected chi connectivity index (χ0v) is 14.3. The van der Waals surface area contributed by atoms with Crippen LogP contribution in [0.15, 0.2) is 42.6 Å². The molecule has 1 aromatic carbocycles. The van der Waals surface area contributed by atoms with Crippen molar-refractivity contribution in [2.45, 2.75) is 13.5 Å². The van der Waals surface area contributed by atoms with Crippen molar-refractivity contribution in [2.24, 2.45) is 5.92 Å². The molecule has 1 atom stereocenters. The van der Waals surface area contributed by atoms with Crippen LogP contribution < -0.4 is 0 Å². The van der Waals surface area contributed by atoms with Gasteiger partial charge in [0.1, 0.15) is 0 Å². The molecule has 1 unspecified atom stereocenters. The lowest BCUT2D eigenvalue weighted by molar-refractivity contribution is -0.147. The van der Waals surface area contributed by atoms with Crippen molar-refractivity contribution < 1.29 is 9.53 Å². The standard InChI is InChI=1S/C18H20ClN3O2/c1-2-24-18(23)14-4-3-9-22(11-14)12-15-10-20-21-17(15)13-5-7-16(19)8-6-13/h3-8,10,14H,2,9,11-12H2,1H3,(H,20,21). The maximum Gasteiger partial charge on any atom is 0.314 e. The summed E-state index contributed by atoms with van der Waals surface area (Å²) in [6.07, 6.45) is 5.79. The number of nitrogens with one attached hydrogen (secondary N) is 1. The van der Waals surface area contributed by atoms with Crippen LogP contribution in [-0.4, -0.2) is 40.8 Å². The number of H-pyrrole nitrogens is 1. The number of carbonyl (C=O) groups excluding carboxylic acids is 1. The van der Waals surface area contributed by atoms with Crippen LogP contribution in [0.3, 0.4) is 0 Å². The number of ether oxygens (including phenoxy) is 1. The lowest BCUT2D eigenvalue weighted by Crippen LogP contribution is -2.36. The maximum atomic E-state index is 11.9. The summed E-state index contributed by atoms with van der Waals surface area (Å²) < 4.78 is 5.12. The lowest BCUT2D eigenvalue weighted by Gasteiger charge is -2.27. The second-order valence-electron chi connectivity index (χ2n) is 5.76. The summed E-state index contributed by atoms with van der Waals surface area (Å²) in [5.41, 5.74) is 3.12. The average molecular weight is 346 g/mol. The molecule has 0 spiro atoms. The molecule has 2 aromatic rings. The van der Waals surface area contributed by atoms with Crippen molar-refractivity contribution >= 4 is 17.6 Å². The monoisotopic (exact) mass is 345 g/mol. The number of esters is 1. The first-order chi connectivity index (χ1) is 11.7. The fraction of sp³-hybridized carbons (Fsp3) is 0.333. The molecular formula is C18H20ClN3O2. The Morgan fingerprint density at radius 3 is 2.96 bits per heavy atom. The third-order valence-electron chi connectivity index (χ3n) is 4.02. The van der Waals surface area contributed by atoms with Gasteiger partial charge >= 0.3 is 5.97 Å². The largest absolute Gasteiger partial charge is 0.466 e. The molecular weight excluding hydrogens is 326 g/mol. The van der Waals surface area contributed by atoms with Crippen LogP contribution in [0.2, 0.25) is 5.02 Å². The van der Waals surface area contributed by atoms with Crippen molar-refractivity contribution in [3.05, 3.63) is 53.2 Å². The van der Waals surface area contributed by atoms with Crippen molar-refractivity contribution in [1.82, 2.24) is 15.1 Å². The summed E-state index contributed by atoms with van der Waals surface area (Å²) in [6.45, 7) is 4.41. The quantitative estimate of drug-likeness (QED) is 0.667. The van der Waals surface area contributed by atoms with E-state index in [1.54, 1.807) is 0 Å². The highest BCUT2D eigenvalue weighted by molar-refractivity contribution is 6.30. The Balaban J connectivity index is 1.71. The highest BCUT2D eigenvalue weighted by Gasteiger charge is 2.24. The van der Waals surface area contributed by atoms with Gasteiger partial charge in [-0.25, -0.2) is 0 Å². The molecule has 1 aliphatic rings. The van der Waals surface area contributed by atoms with Crippen LogP contribution in [0, 0.1) is 5.92 Å². The van der Waals surface area contributed by atoms with Crippen LogP contribution in [0.1, 0.15) is 12.5 Å². The number of hydrogen-bond donors (Lipinski definition) is 1. The molecule has 24 heavy (non-hydrogen) atoms. The Bertz CT molecular complexity index is 724. The van der Waals surface area contributed by atoms with E-state index in [4.69, 9.17) is 16.3 Å². The Morgan fingerprint density at radius 1 is 1.42 bits per heavy atom. The summed E-state index contributed by atoms with van der Waals surface area (Å²) in [5.74, 6) is -0.367. The lowest BCUT2D eigenvalue weighted by atomic mass is 10.0. The van der Waals surface area contributed by atoms with Gasteiger partial charge in [-0.15, -0.1) is 0 Å². The molecule has 126 valence electrons. The Hall–Kier alpha value is -2.11. The second kappa shape index (κ2) is 7.64. The second-order valence-corrected chi connectivity index (χ2v) is 6.19. The average Bonchev–Trinajstić information content (AvgIpc) is 3.04. The van der Waals surface area contributed by atoms with Gasteiger partial charge in [0, 0.05) is 30.2 Å². The molecule has 1 aromatic heterocycles. The van der Waals surface area contributed by atoms with E-state index < -0.39 is 0 Å². The number of aromatic nitrogens is 2. The molecule has 1 N–H and O–H groups in total. The van der Waals surface area contributed by atoms with Gasteiger partial charge in [-0.3, -0.25) is 14.8 Å². The van der Waals surface area contributed by atoms with Gasteiger partial charge in [0.05, 0.1) is 24.4 Å².